The Morgan fingerprint density at radius 1 is 1.14 bits per heavy atom. The van der Waals surface area contributed by atoms with Gasteiger partial charge in [0.2, 0.25) is 0 Å². The second kappa shape index (κ2) is 11.1. The molecule has 118 valence electrons. The van der Waals surface area contributed by atoms with Gasteiger partial charge in [-0.05, 0) is 18.4 Å². The van der Waals surface area contributed by atoms with Crippen molar-refractivity contribution in [3.63, 3.8) is 0 Å². The first kappa shape index (κ1) is 17.5. The van der Waals surface area contributed by atoms with Crippen LogP contribution in [0.15, 0.2) is 30.3 Å². The maximum Gasteiger partial charge on any atom is 0.340 e. The van der Waals surface area contributed by atoms with Crippen LogP contribution in [-0.4, -0.2) is 36.5 Å². The topological polar surface area (TPSA) is 61.8 Å². The molecule has 2 N–H and O–H groups in total. The zero-order chi connectivity index (χ0) is 15.3. The molecular formula is C16H26N2O3. The molecule has 21 heavy (non-hydrogen) atoms. The van der Waals surface area contributed by atoms with Gasteiger partial charge in [-0.2, -0.15) is 0 Å². The van der Waals surface area contributed by atoms with E-state index in [0.717, 1.165) is 38.7 Å². The predicted octanol–water partition coefficient (Wildman–Crippen LogP) is 3.18. The highest BCUT2D eigenvalue weighted by Crippen LogP contribution is 2.05. The summed E-state index contributed by atoms with van der Waals surface area (Å²) in [5.74, 6) is 0. The van der Waals surface area contributed by atoms with Crippen LogP contribution in [0.4, 0.5) is 4.79 Å². The van der Waals surface area contributed by atoms with Crippen LogP contribution in [-0.2, 0) is 11.3 Å². The largest absolute Gasteiger partial charge is 0.377 e. The molecule has 0 bridgehead atoms. The molecule has 0 atom stereocenters. The molecule has 1 aromatic carbocycles. The van der Waals surface area contributed by atoms with Crippen molar-refractivity contribution >= 4 is 6.03 Å². The van der Waals surface area contributed by atoms with Crippen molar-refractivity contribution < 1.29 is 14.7 Å². The van der Waals surface area contributed by atoms with Crippen LogP contribution in [0, 0.1) is 0 Å². The molecule has 0 spiro atoms. The van der Waals surface area contributed by atoms with Crippen LogP contribution in [0.1, 0.15) is 37.7 Å². The molecule has 0 heterocycles. The number of ether oxygens (including phenoxy) is 1. The molecule has 0 fully saturated rings. The molecule has 0 aliphatic heterocycles. The van der Waals surface area contributed by atoms with E-state index in [1.54, 1.807) is 0 Å². The molecular weight excluding hydrogens is 268 g/mol. The van der Waals surface area contributed by atoms with Gasteiger partial charge in [0.15, 0.2) is 0 Å². The Bertz CT molecular complexity index is 382. The quantitative estimate of drug-likeness (QED) is 0.396. The van der Waals surface area contributed by atoms with E-state index in [4.69, 9.17) is 9.94 Å². The molecule has 0 saturated carbocycles. The predicted molar refractivity (Wildman–Crippen MR) is 82.1 cm³/mol. The van der Waals surface area contributed by atoms with Gasteiger partial charge in [0.1, 0.15) is 0 Å². The molecule has 5 nitrogen and oxygen atoms in total. The average molecular weight is 294 g/mol. The van der Waals surface area contributed by atoms with Crippen molar-refractivity contribution in [2.24, 2.45) is 0 Å². The van der Waals surface area contributed by atoms with Crippen LogP contribution < -0.4 is 5.32 Å². The molecule has 0 radical (unpaired) electrons. The number of hydroxylamine groups is 2. The minimum absolute atomic E-state index is 0.454. The molecule has 5 heteroatoms. The number of unbranched alkanes of at least 4 members (excludes halogenated alkanes) is 4. The molecule has 1 aromatic rings. The minimum Gasteiger partial charge on any atom is -0.377 e. The second-order valence-corrected chi connectivity index (χ2v) is 5.06. The standard InChI is InChI=1S/C16H26N2O3/c1-18(20)16(19)17-12-8-3-2-4-9-13-21-14-15-10-6-5-7-11-15/h5-7,10-11,20H,2-4,8-9,12-14H2,1H3,(H,17,19). The number of carbonyl (C=O) groups is 1. The Labute approximate surface area is 126 Å². The highest BCUT2D eigenvalue weighted by molar-refractivity contribution is 5.72. The summed E-state index contributed by atoms with van der Waals surface area (Å²) in [5.41, 5.74) is 1.21. The number of nitrogens with zero attached hydrogens (tertiary/aromatic N) is 1. The lowest BCUT2D eigenvalue weighted by Crippen LogP contribution is -2.35. The molecule has 0 saturated heterocycles. The summed E-state index contributed by atoms with van der Waals surface area (Å²) in [6.45, 7) is 2.08. The summed E-state index contributed by atoms with van der Waals surface area (Å²) in [5, 5.41) is 12.0. The van der Waals surface area contributed by atoms with Crippen LogP contribution in [0.25, 0.3) is 0 Å². The van der Waals surface area contributed by atoms with Gasteiger partial charge in [-0.15, -0.1) is 0 Å². The van der Waals surface area contributed by atoms with E-state index in [1.807, 2.05) is 18.2 Å². The summed E-state index contributed by atoms with van der Waals surface area (Å²) >= 11 is 0. The fourth-order valence-corrected chi connectivity index (χ4v) is 1.93. The first-order valence-corrected chi connectivity index (χ1v) is 7.52. The zero-order valence-electron chi connectivity index (χ0n) is 12.8. The summed E-state index contributed by atoms with van der Waals surface area (Å²) in [4.78, 5) is 11.0. The summed E-state index contributed by atoms with van der Waals surface area (Å²) in [6.07, 6.45) is 5.36. The number of hydrogen-bond donors (Lipinski definition) is 2. The first-order valence-electron chi connectivity index (χ1n) is 7.52. The van der Waals surface area contributed by atoms with Crippen molar-refractivity contribution in [1.29, 1.82) is 0 Å². The Morgan fingerprint density at radius 3 is 2.52 bits per heavy atom. The second-order valence-electron chi connectivity index (χ2n) is 5.06. The SMILES string of the molecule is CN(O)C(=O)NCCCCCCCOCc1ccccc1. The number of urea groups is 1. The maximum atomic E-state index is 11.0. The van der Waals surface area contributed by atoms with Gasteiger partial charge in [-0.1, -0.05) is 49.6 Å². The lowest BCUT2D eigenvalue weighted by molar-refractivity contribution is -0.0182. The van der Waals surface area contributed by atoms with Crippen molar-refractivity contribution in [3.05, 3.63) is 35.9 Å². The van der Waals surface area contributed by atoms with Gasteiger partial charge < -0.3 is 10.1 Å². The smallest absolute Gasteiger partial charge is 0.340 e. The van der Waals surface area contributed by atoms with E-state index < -0.39 is 6.03 Å². The fraction of sp³-hybridized carbons (Fsp3) is 0.562. The van der Waals surface area contributed by atoms with E-state index in [9.17, 15) is 4.79 Å². The molecule has 1 rings (SSSR count). The minimum atomic E-state index is -0.454. The van der Waals surface area contributed by atoms with Gasteiger partial charge >= 0.3 is 6.03 Å². The lowest BCUT2D eigenvalue weighted by atomic mass is 10.1. The van der Waals surface area contributed by atoms with E-state index in [0.29, 0.717) is 18.2 Å². The lowest BCUT2D eigenvalue weighted by Gasteiger charge is -2.09. The Balaban J connectivity index is 1.84. The summed E-state index contributed by atoms with van der Waals surface area (Å²) in [6, 6.07) is 9.72. The number of amides is 2. The van der Waals surface area contributed by atoms with Gasteiger partial charge in [0, 0.05) is 20.2 Å². The maximum absolute atomic E-state index is 11.0. The zero-order valence-corrected chi connectivity index (χ0v) is 12.8. The Morgan fingerprint density at radius 2 is 1.81 bits per heavy atom. The summed E-state index contributed by atoms with van der Waals surface area (Å²) in [7, 11) is 1.31. The first-order chi connectivity index (χ1) is 10.2. The van der Waals surface area contributed by atoms with Crippen molar-refractivity contribution in [1.82, 2.24) is 10.4 Å². The number of nitrogens with one attached hydrogen (secondary N) is 1. The number of benzene rings is 1. The van der Waals surface area contributed by atoms with Crippen molar-refractivity contribution in [2.45, 2.75) is 38.7 Å². The van der Waals surface area contributed by atoms with E-state index >= 15 is 0 Å². The van der Waals surface area contributed by atoms with Crippen molar-refractivity contribution in [3.8, 4) is 0 Å². The molecule has 0 aromatic heterocycles. The van der Waals surface area contributed by atoms with Gasteiger partial charge in [-0.3, -0.25) is 5.21 Å². The van der Waals surface area contributed by atoms with E-state index in [-0.39, 0.29) is 0 Å². The van der Waals surface area contributed by atoms with Crippen LogP contribution in [0.3, 0.4) is 0 Å². The third-order valence-corrected chi connectivity index (χ3v) is 3.15. The Hall–Kier alpha value is -1.59. The average Bonchev–Trinajstić information content (AvgIpc) is 2.49. The molecule has 0 aliphatic carbocycles. The van der Waals surface area contributed by atoms with E-state index in [2.05, 4.69) is 17.4 Å². The highest BCUT2D eigenvalue weighted by Gasteiger charge is 2.02. The molecule has 0 unspecified atom stereocenters. The monoisotopic (exact) mass is 294 g/mol. The third-order valence-electron chi connectivity index (χ3n) is 3.15. The number of hydrogen-bond acceptors (Lipinski definition) is 3. The molecule has 2 amide bonds. The van der Waals surface area contributed by atoms with Crippen LogP contribution in [0.2, 0.25) is 0 Å². The Kier molecular flexibility index (Phi) is 9.24. The van der Waals surface area contributed by atoms with Crippen LogP contribution >= 0.6 is 0 Å². The molecule has 0 aliphatic rings. The number of carbonyl (C=O) groups excluding carboxylic acids is 1. The van der Waals surface area contributed by atoms with Gasteiger partial charge in [0.05, 0.1) is 6.61 Å². The highest BCUT2D eigenvalue weighted by atomic mass is 16.5. The van der Waals surface area contributed by atoms with Crippen LogP contribution in [0.5, 0.6) is 0 Å². The normalized spacial score (nSPS) is 10.4. The summed E-state index contributed by atoms with van der Waals surface area (Å²) < 4.78 is 5.61. The van der Waals surface area contributed by atoms with Gasteiger partial charge in [0.25, 0.3) is 0 Å². The third kappa shape index (κ3) is 9.05. The van der Waals surface area contributed by atoms with E-state index in [1.165, 1.54) is 12.6 Å². The van der Waals surface area contributed by atoms with Gasteiger partial charge in [-0.25, -0.2) is 9.86 Å². The van der Waals surface area contributed by atoms with Crippen molar-refractivity contribution in [2.75, 3.05) is 20.2 Å². The fourth-order valence-electron chi connectivity index (χ4n) is 1.93. The number of rotatable bonds is 10.